The summed E-state index contributed by atoms with van der Waals surface area (Å²) in [5.74, 6) is 0. The Morgan fingerprint density at radius 3 is 2.79 bits per heavy atom. The lowest BCUT2D eigenvalue weighted by molar-refractivity contribution is -0.385. The average Bonchev–Trinajstić information content (AvgIpc) is 2.16. The Balaban J connectivity index is 3.20. The number of aliphatic hydroxyl groups excluding tert-OH is 1. The van der Waals surface area contributed by atoms with Crippen LogP contribution in [0.5, 0.6) is 0 Å². The molecule has 0 aliphatic heterocycles. The summed E-state index contributed by atoms with van der Waals surface area (Å²) in [6, 6.07) is 4.11. The molecule has 1 aromatic rings. The Morgan fingerprint density at radius 2 is 2.29 bits per heavy atom. The Morgan fingerprint density at radius 1 is 1.64 bits per heavy atom. The Labute approximate surface area is 81.3 Å². The van der Waals surface area contributed by atoms with Crippen LogP contribution in [0.2, 0.25) is 0 Å². The largest absolute Gasteiger partial charge is 0.394 e. The van der Waals surface area contributed by atoms with Gasteiger partial charge in [0.25, 0.3) is 5.69 Å². The second-order valence-corrected chi connectivity index (χ2v) is 3.04. The first-order chi connectivity index (χ1) is 6.57. The fourth-order valence-electron chi connectivity index (χ4n) is 1.34. The number of benzene rings is 1. The minimum absolute atomic E-state index is 0.0337. The van der Waals surface area contributed by atoms with E-state index < -0.39 is 11.0 Å². The molecule has 0 heterocycles. The van der Waals surface area contributed by atoms with E-state index in [-0.39, 0.29) is 12.3 Å². The highest BCUT2D eigenvalue weighted by Crippen LogP contribution is 2.24. The van der Waals surface area contributed by atoms with Crippen LogP contribution >= 0.6 is 0 Å². The molecule has 1 aromatic carbocycles. The summed E-state index contributed by atoms with van der Waals surface area (Å²) in [6.45, 7) is 1.41. The second kappa shape index (κ2) is 4.17. The van der Waals surface area contributed by atoms with Gasteiger partial charge >= 0.3 is 0 Å². The van der Waals surface area contributed by atoms with E-state index in [0.717, 1.165) is 0 Å². The summed E-state index contributed by atoms with van der Waals surface area (Å²) >= 11 is 0. The number of nitro benzene ring substituents is 1. The van der Waals surface area contributed by atoms with Crippen molar-refractivity contribution in [1.29, 1.82) is 0 Å². The molecular formula is C9H12N2O3. The number of hydrogen-bond acceptors (Lipinski definition) is 4. The number of aliphatic hydroxyl groups is 1. The predicted molar refractivity (Wildman–Crippen MR) is 51.8 cm³/mol. The normalized spacial score (nSPS) is 12.5. The van der Waals surface area contributed by atoms with Crippen molar-refractivity contribution in [2.24, 2.45) is 5.73 Å². The van der Waals surface area contributed by atoms with Crippen LogP contribution in [0.3, 0.4) is 0 Å². The second-order valence-electron chi connectivity index (χ2n) is 3.04. The van der Waals surface area contributed by atoms with E-state index in [1.165, 1.54) is 6.07 Å². The lowest BCUT2D eigenvalue weighted by atomic mass is 10.0. The molecule has 0 amide bonds. The van der Waals surface area contributed by atoms with Crippen molar-refractivity contribution in [2.45, 2.75) is 13.0 Å². The summed E-state index contributed by atoms with van der Waals surface area (Å²) in [6.07, 6.45) is 0. The number of nitrogens with zero attached hydrogens (tertiary/aromatic N) is 1. The standard InChI is InChI=1S/C9H12N2O3/c1-6-7(8(10)5-12)3-2-4-9(6)11(13)14/h2-4,8,12H,5,10H2,1H3. The molecule has 0 aliphatic rings. The lowest BCUT2D eigenvalue weighted by Gasteiger charge is -2.11. The molecule has 0 spiro atoms. The highest BCUT2D eigenvalue weighted by atomic mass is 16.6. The zero-order valence-electron chi connectivity index (χ0n) is 7.80. The van der Waals surface area contributed by atoms with E-state index in [4.69, 9.17) is 10.8 Å². The van der Waals surface area contributed by atoms with Crippen molar-refractivity contribution < 1.29 is 10.0 Å². The molecule has 14 heavy (non-hydrogen) atoms. The van der Waals surface area contributed by atoms with Gasteiger partial charge in [-0.25, -0.2) is 0 Å². The zero-order valence-corrected chi connectivity index (χ0v) is 7.80. The van der Waals surface area contributed by atoms with Crippen LogP contribution in [0.4, 0.5) is 5.69 Å². The Bertz CT molecular complexity index is 352. The molecule has 0 radical (unpaired) electrons. The first kappa shape index (κ1) is 10.6. The van der Waals surface area contributed by atoms with Crippen LogP contribution in [-0.4, -0.2) is 16.6 Å². The molecule has 0 aliphatic carbocycles. The summed E-state index contributed by atoms with van der Waals surface area (Å²) in [4.78, 5) is 10.1. The summed E-state index contributed by atoms with van der Waals surface area (Å²) < 4.78 is 0. The molecule has 1 unspecified atom stereocenters. The van der Waals surface area contributed by atoms with E-state index in [1.54, 1.807) is 19.1 Å². The molecule has 0 saturated heterocycles. The van der Waals surface area contributed by atoms with Gasteiger partial charge in [0.15, 0.2) is 0 Å². The van der Waals surface area contributed by atoms with Crippen LogP contribution in [0.15, 0.2) is 18.2 Å². The van der Waals surface area contributed by atoms with Crippen molar-refractivity contribution in [3.63, 3.8) is 0 Å². The summed E-state index contributed by atoms with van der Waals surface area (Å²) in [5, 5.41) is 19.4. The molecule has 1 atom stereocenters. The van der Waals surface area contributed by atoms with Crippen molar-refractivity contribution in [2.75, 3.05) is 6.61 Å². The van der Waals surface area contributed by atoms with Gasteiger partial charge in [0.1, 0.15) is 0 Å². The van der Waals surface area contributed by atoms with Crippen LogP contribution in [0.1, 0.15) is 17.2 Å². The van der Waals surface area contributed by atoms with Gasteiger partial charge in [-0.1, -0.05) is 12.1 Å². The average molecular weight is 196 g/mol. The van der Waals surface area contributed by atoms with Crippen LogP contribution in [0, 0.1) is 17.0 Å². The van der Waals surface area contributed by atoms with Gasteiger partial charge in [-0.05, 0) is 12.5 Å². The molecule has 3 N–H and O–H groups in total. The third-order valence-corrected chi connectivity index (χ3v) is 2.14. The highest BCUT2D eigenvalue weighted by molar-refractivity contribution is 5.45. The molecule has 1 rings (SSSR count). The maximum atomic E-state index is 10.6. The van der Waals surface area contributed by atoms with Gasteiger partial charge < -0.3 is 10.8 Å². The van der Waals surface area contributed by atoms with Crippen molar-refractivity contribution in [3.05, 3.63) is 39.4 Å². The zero-order chi connectivity index (χ0) is 10.7. The van der Waals surface area contributed by atoms with E-state index in [1.807, 2.05) is 0 Å². The Hall–Kier alpha value is -1.46. The van der Waals surface area contributed by atoms with E-state index in [2.05, 4.69) is 0 Å². The first-order valence-electron chi connectivity index (χ1n) is 4.18. The topological polar surface area (TPSA) is 89.4 Å². The first-order valence-corrected chi connectivity index (χ1v) is 4.18. The van der Waals surface area contributed by atoms with Gasteiger partial charge in [-0.3, -0.25) is 10.1 Å². The molecule has 0 saturated carbocycles. The van der Waals surface area contributed by atoms with Crippen molar-refractivity contribution in [1.82, 2.24) is 0 Å². The molecule has 0 aromatic heterocycles. The summed E-state index contributed by atoms with van der Waals surface area (Å²) in [7, 11) is 0. The van der Waals surface area contributed by atoms with E-state index in [0.29, 0.717) is 11.1 Å². The van der Waals surface area contributed by atoms with E-state index >= 15 is 0 Å². The van der Waals surface area contributed by atoms with Gasteiger partial charge in [0.05, 0.1) is 17.6 Å². The number of rotatable bonds is 3. The minimum atomic E-state index is -0.560. The fourth-order valence-corrected chi connectivity index (χ4v) is 1.34. The SMILES string of the molecule is Cc1c(C(N)CO)cccc1[N+](=O)[O-]. The van der Waals surface area contributed by atoms with Crippen LogP contribution in [-0.2, 0) is 0 Å². The quantitative estimate of drug-likeness (QED) is 0.555. The van der Waals surface area contributed by atoms with E-state index in [9.17, 15) is 10.1 Å². The van der Waals surface area contributed by atoms with Gasteiger partial charge in [0.2, 0.25) is 0 Å². The van der Waals surface area contributed by atoms with Crippen molar-refractivity contribution >= 4 is 5.69 Å². The minimum Gasteiger partial charge on any atom is -0.394 e. The molecule has 5 nitrogen and oxygen atoms in total. The number of nitro groups is 1. The molecule has 0 bridgehead atoms. The van der Waals surface area contributed by atoms with Gasteiger partial charge in [-0.2, -0.15) is 0 Å². The monoisotopic (exact) mass is 196 g/mol. The van der Waals surface area contributed by atoms with Crippen LogP contribution < -0.4 is 5.73 Å². The fraction of sp³-hybridized carbons (Fsp3) is 0.333. The predicted octanol–water partition coefficient (Wildman–Crippen LogP) is 0.895. The van der Waals surface area contributed by atoms with Crippen molar-refractivity contribution in [3.8, 4) is 0 Å². The third-order valence-electron chi connectivity index (χ3n) is 2.14. The highest BCUT2D eigenvalue weighted by Gasteiger charge is 2.16. The molecular weight excluding hydrogens is 184 g/mol. The maximum absolute atomic E-state index is 10.6. The van der Waals surface area contributed by atoms with Gasteiger partial charge in [0, 0.05) is 11.6 Å². The number of nitrogens with two attached hydrogens (primary N) is 1. The van der Waals surface area contributed by atoms with Gasteiger partial charge in [-0.15, -0.1) is 0 Å². The molecule has 76 valence electrons. The summed E-state index contributed by atoms with van der Waals surface area (Å²) in [5.41, 5.74) is 6.75. The molecule has 5 heteroatoms. The number of hydrogen-bond donors (Lipinski definition) is 2. The maximum Gasteiger partial charge on any atom is 0.272 e. The third kappa shape index (κ3) is 1.89. The van der Waals surface area contributed by atoms with Crippen LogP contribution in [0.25, 0.3) is 0 Å². The molecule has 0 fully saturated rings. The lowest BCUT2D eigenvalue weighted by Crippen LogP contribution is -2.16. The Kier molecular flexibility index (Phi) is 3.16. The smallest absolute Gasteiger partial charge is 0.272 e.